The third-order valence-electron chi connectivity index (χ3n) is 3.08. The van der Waals surface area contributed by atoms with Crippen LogP contribution in [0, 0.1) is 0 Å². The molecule has 0 bridgehead atoms. The molecule has 2 aromatic rings. The highest BCUT2D eigenvalue weighted by Gasteiger charge is 2.17. The summed E-state index contributed by atoms with van der Waals surface area (Å²) in [6.07, 6.45) is 6.13. The number of anilines is 1. The number of nitrogens with one attached hydrogen (secondary N) is 1. The molecule has 0 unspecified atom stereocenters. The molecule has 25 heavy (non-hydrogen) atoms. The van der Waals surface area contributed by atoms with Gasteiger partial charge in [-0.15, -0.1) is 15.3 Å². The van der Waals surface area contributed by atoms with E-state index in [1.54, 1.807) is 30.4 Å². The van der Waals surface area contributed by atoms with Crippen LogP contribution in [-0.4, -0.2) is 25.9 Å². The number of fused-ring (bicyclic) bond motifs is 1. The van der Waals surface area contributed by atoms with Crippen LogP contribution in [0.25, 0.3) is 5.65 Å². The van der Waals surface area contributed by atoms with Crippen LogP contribution in [0.1, 0.15) is 33.0 Å². The number of halogens is 2. The Morgan fingerprint density at radius 3 is 2.52 bits per heavy atom. The average molecular weight is 347 g/mol. The monoisotopic (exact) mass is 347 g/mol. The van der Waals surface area contributed by atoms with Crippen molar-refractivity contribution in [2.75, 3.05) is 5.32 Å². The molecule has 0 saturated carbocycles. The van der Waals surface area contributed by atoms with Crippen LogP contribution in [0.2, 0.25) is 0 Å². The molecular weight excluding hydrogens is 324 g/mol. The van der Waals surface area contributed by atoms with Gasteiger partial charge in [-0.1, -0.05) is 57.4 Å². The van der Waals surface area contributed by atoms with Gasteiger partial charge in [-0.25, -0.2) is 8.78 Å². The highest BCUT2D eigenvalue weighted by atomic mass is 19.3. The van der Waals surface area contributed by atoms with E-state index >= 15 is 0 Å². The van der Waals surface area contributed by atoms with Crippen molar-refractivity contribution in [1.82, 2.24) is 19.8 Å². The van der Waals surface area contributed by atoms with Gasteiger partial charge in [0.25, 0.3) is 6.43 Å². The molecule has 0 radical (unpaired) electrons. The van der Waals surface area contributed by atoms with Gasteiger partial charge in [-0.3, -0.25) is 0 Å². The summed E-state index contributed by atoms with van der Waals surface area (Å²) in [6, 6.07) is 3.14. The maximum atomic E-state index is 12.9. The second kappa shape index (κ2) is 10.1. The minimum Gasteiger partial charge on any atom is -0.362 e. The van der Waals surface area contributed by atoms with E-state index in [1.165, 1.54) is 0 Å². The zero-order chi connectivity index (χ0) is 18.8. The zero-order valence-electron chi connectivity index (χ0n) is 14.7. The van der Waals surface area contributed by atoms with Crippen molar-refractivity contribution in [2.24, 2.45) is 0 Å². The Morgan fingerprint density at radius 1 is 1.20 bits per heavy atom. The summed E-state index contributed by atoms with van der Waals surface area (Å²) in [4.78, 5) is 0. The smallest absolute Gasteiger partial charge is 0.299 e. The maximum Gasteiger partial charge on any atom is 0.299 e. The predicted octanol–water partition coefficient (Wildman–Crippen LogP) is 4.74. The highest BCUT2D eigenvalue weighted by Crippen LogP contribution is 2.18. The van der Waals surface area contributed by atoms with Crippen LogP contribution in [0.5, 0.6) is 0 Å². The molecule has 0 amide bonds. The highest BCUT2D eigenvalue weighted by molar-refractivity contribution is 5.46. The first-order chi connectivity index (χ1) is 12.1. The molecule has 2 heterocycles. The van der Waals surface area contributed by atoms with Crippen LogP contribution in [0.4, 0.5) is 14.6 Å². The van der Waals surface area contributed by atoms with Gasteiger partial charge < -0.3 is 5.32 Å². The van der Waals surface area contributed by atoms with E-state index in [1.807, 2.05) is 32.9 Å². The third kappa shape index (κ3) is 5.34. The van der Waals surface area contributed by atoms with Crippen LogP contribution < -0.4 is 5.32 Å². The summed E-state index contributed by atoms with van der Waals surface area (Å²) in [5, 5.41) is 14.4. The SMILES string of the molecule is C=C/C=C\C(=C/C=C)[C@@H](C)Nc1ccc2nnc(C(F)F)n2n1.CC. The summed E-state index contributed by atoms with van der Waals surface area (Å²) in [5.74, 6) is -0.0432. The average Bonchev–Trinajstić information content (AvgIpc) is 3.03. The largest absolute Gasteiger partial charge is 0.362 e. The third-order valence-corrected chi connectivity index (χ3v) is 3.08. The summed E-state index contributed by atoms with van der Waals surface area (Å²) in [7, 11) is 0. The number of alkyl halides is 2. The molecular formula is C18H23F2N5. The van der Waals surface area contributed by atoms with Crippen LogP contribution >= 0.6 is 0 Å². The van der Waals surface area contributed by atoms with Crippen LogP contribution in [0.15, 0.2) is 61.2 Å². The lowest BCUT2D eigenvalue weighted by molar-refractivity contribution is 0.137. The topological polar surface area (TPSA) is 55.1 Å². The number of hydrogen-bond acceptors (Lipinski definition) is 4. The van der Waals surface area contributed by atoms with Crippen molar-refractivity contribution in [3.8, 4) is 0 Å². The Balaban J connectivity index is 0.00000151. The first kappa shape index (κ1) is 20.2. The number of nitrogens with zero attached hydrogens (tertiary/aromatic N) is 4. The van der Waals surface area contributed by atoms with Gasteiger partial charge in [0.1, 0.15) is 5.82 Å². The Morgan fingerprint density at radius 2 is 1.92 bits per heavy atom. The van der Waals surface area contributed by atoms with Gasteiger partial charge in [0.05, 0.1) is 0 Å². The molecule has 0 aromatic carbocycles. The van der Waals surface area contributed by atoms with Crippen molar-refractivity contribution in [3.05, 3.63) is 67.1 Å². The van der Waals surface area contributed by atoms with Gasteiger partial charge in [-0.05, 0) is 24.6 Å². The minimum absolute atomic E-state index is 0.111. The Labute approximate surface area is 146 Å². The normalized spacial score (nSPS) is 12.8. The van der Waals surface area contributed by atoms with E-state index in [-0.39, 0.29) is 11.7 Å². The second-order valence-electron chi connectivity index (χ2n) is 4.71. The van der Waals surface area contributed by atoms with Crippen LogP contribution in [-0.2, 0) is 0 Å². The first-order valence-electron chi connectivity index (χ1n) is 7.95. The molecule has 1 N–H and O–H groups in total. The molecule has 0 aliphatic carbocycles. The molecule has 2 aromatic heterocycles. The Hall–Kier alpha value is -2.83. The van der Waals surface area contributed by atoms with E-state index in [2.05, 4.69) is 33.8 Å². The van der Waals surface area contributed by atoms with Crippen LogP contribution in [0.3, 0.4) is 0 Å². The first-order valence-corrected chi connectivity index (χ1v) is 7.95. The van der Waals surface area contributed by atoms with E-state index in [0.717, 1.165) is 10.1 Å². The molecule has 7 heteroatoms. The Kier molecular flexibility index (Phi) is 8.18. The predicted molar refractivity (Wildman–Crippen MR) is 97.8 cm³/mol. The van der Waals surface area contributed by atoms with Crippen molar-refractivity contribution in [3.63, 3.8) is 0 Å². The van der Waals surface area contributed by atoms with Crippen molar-refractivity contribution < 1.29 is 8.78 Å². The summed E-state index contributed by atoms with van der Waals surface area (Å²) >= 11 is 0. The molecule has 0 saturated heterocycles. The van der Waals surface area contributed by atoms with E-state index in [0.29, 0.717) is 5.82 Å². The number of rotatable bonds is 7. The van der Waals surface area contributed by atoms with Crippen molar-refractivity contribution in [2.45, 2.75) is 33.2 Å². The zero-order valence-corrected chi connectivity index (χ0v) is 14.7. The maximum absolute atomic E-state index is 12.9. The molecule has 5 nitrogen and oxygen atoms in total. The Bertz CT molecular complexity index is 762. The molecule has 0 fully saturated rings. The van der Waals surface area contributed by atoms with Crippen molar-refractivity contribution >= 4 is 11.5 Å². The molecule has 0 aliphatic rings. The van der Waals surface area contributed by atoms with E-state index in [4.69, 9.17) is 0 Å². The molecule has 0 spiro atoms. The fraction of sp³-hybridized carbons (Fsp3) is 0.278. The fourth-order valence-corrected chi connectivity index (χ4v) is 1.98. The molecule has 134 valence electrons. The lowest BCUT2D eigenvalue weighted by Crippen LogP contribution is -2.18. The van der Waals surface area contributed by atoms with Gasteiger partial charge in [0.2, 0.25) is 5.82 Å². The summed E-state index contributed by atoms with van der Waals surface area (Å²) in [5.41, 5.74) is 1.21. The lowest BCUT2D eigenvalue weighted by atomic mass is 10.1. The van der Waals surface area contributed by atoms with E-state index < -0.39 is 12.2 Å². The fourth-order valence-electron chi connectivity index (χ4n) is 1.98. The van der Waals surface area contributed by atoms with Gasteiger partial charge >= 0.3 is 0 Å². The number of allylic oxidation sites excluding steroid dienone is 4. The van der Waals surface area contributed by atoms with Gasteiger partial charge in [0, 0.05) is 6.04 Å². The minimum atomic E-state index is -2.74. The van der Waals surface area contributed by atoms with Gasteiger partial charge in [-0.2, -0.15) is 4.52 Å². The number of aromatic nitrogens is 4. The standard InChI is InChI=1S/C16H17F2N5.C2H6/c1-4-6-8-12(7-5-2)11(3)19-13-9-10-14-20-21-16(15(17)18)23(14)22-13;1-2/h4-11,15H,1-2H2,3H3,(H,19,22);1-2H3/b8-6-,12-7+;/t11-;/m1./s1. The lowest BCUT2D eigenvalue weighted by Gasteiger charge is -2.15. The summed E-state index contributed by atoms with van der Waals surface area (Å²) < 4.78 is 26.8. The molecule has 2 rings (SSSR count). The number of hydrogen-bond donors (Lipinski definition) is 1. The molecule has 0 aliphatic heterocycles. The summed E-state index contributed by atoms with van der Waals surface area (Å²) in [6.45, 7) is 13.2. The molecule has 1 atom stereocenters. The second-order valence-corrected chi connectivity index (χ2v) is 4.71. The van der Waals surface area contributed by atoms with E-state index in [9.17, 15) is 8.78 Å². The quantitative estimate of drug-likeness (QED) is 0.735. The van der Waals surface area contributed by atoms with Gasteiger partial charge in [0.15, 0.2) is 5.65 Å². The van der Waals surface area contributed by atoms with Crippen molar-refractivity contribution in [1.29, 1.82) is 0 Å².